The number of likely N-dealkylation sites (tertiary alicyclic amines) is 1. The molecule has 0 aromatic carbocycles. The predicted molar refractivity (Wildman–Crippen MR) is 48.3 cm³/mol. The van der Waals surface area contributed by atoms with Crippen LogP contribution < -0.4 is 0 Å². The molecule has 11 heavy (non-hydrogen) atoms. The van der Waals surface area contributed by atoms with Crippen molar-refractivity contribution in [3.05, 3.63) is 0 Å². The Morgan fingerprint density at radius 3 is 2.91 bits per heavy atom. The van der Waals surface area contributed by atoms with E-state index < -0.39 is 0 Å². The van der Waals surface area contributed by atoms with Gasteiger partial charge in [-0.25, -0.2) is 0 Å². The Hall–Kier alpha value is -0.480. The van der Waals surface area contributed by atoms with Crippen molar-refractivity contribution >= 4 is 0 Å². The molecular formula is C10H17N. The molecule has 1 heteroatoms. The van der Waals surface area contributed by atoms with Gasteiger partial charge in [-0.3, -0.25) is 4.90 Å². The minimum absolute atomic E-state index is 0.742. The first kappa shape index (κ1) is 8.62. The first-order valence-corrected chi connectivity index (χ1v) is 4.43. The summed E-state index contributed by atoms with van der Waals surface area (Å²) in [6.07, 6.45) is 7.94. The third-order valence-electron chi connectivity index (χ3n) is 2.48. The maximum Gasteiger partial charge on any atom is 0.0601 e. The molecule has 0 aliphatic carbocycles. The van der Waals surface area contributed by atoms with Crippen molar-refractivity contribution in [3.63, 3.8) is 0 Å². The zero-order valence-electron chi connectivity index (χ0n) is 7.51. The standard InChI is InChI=1S/C10H17N/c1-4-7-11-8-5-6-10(11)9(2)3/h1,9-10H,5-8H2,2-3H3. The van der Waals surface area contributed by atoms with E-state index in [-0.39, 0.29) is 0 Å². The quantitative estimate of drug-likeness (QED) is 0.543. The summed E-state index contributed by atoms with van der Waals surface area (Å²) < 4.78 is 0. The Morgan fingerprint density at radius 2 is 2.36 bits per heavy atom. The summed E-state index contributed by atoms with van der Waals surface area (Å²) in [5.74, 6) is 3.48. The lowest BCUT2D eigenvalue weighted by molar-refractivity contribution is 0.230. The summed E-state index contributed by atoms with van der Waals surface area (Å²) in [4.78, 5) is 2.42. The SMILES string of the molecule is C#CCN1CCCC1C(C)C. The molecule has 1 saturated heterocycles. The van der Waals surface area contributed by atoms with Crippen LogP contribution in [0.2, 0.25) is 0 Å². The number of hydrogen-bond acceptors (Lipinski definition) is 1. The fourth-order valence-electron chi connectivity index (χ4n) is 1.92. The Bertz CT molecular complexity index is 155. The van der Waals surface area contributed by atoms with Crippen molar-refractivity contribution in [2.24, 2.45) is 5.92 Å². The molecule has 1 unspecified atom stereocenters. The van der Waals surface area contributed by atoms with Crippen molar-refractivity contribution in [2.75, 3.05) is 13.1 Å². The highest BCUT2D eigenvalue weighted by molar-refractivity contribution is 4.93. The number of hydrogen-bond donors (Lipinski definition) is 0. The van der Waals surface area contributed by atoms with E-state index in [1.165, 1.54) is 19.4 Å². The second kappa shape index (κ2) is 3.78. The van der Waals surface area contributed by atoms with Crippen LogP contribution in [0.4, 0.5) is 0 Å². The van der Waals surface area contributed by atoms with E-state index in [1.54, 1.807) is 0 Å². The van der Waals surface area contributed by atoms with Gasteiger partial charge in [0.15, 0.2) is 0 Å². The van der Waals surface area contributed by atoms with Crippen LogP contribution in [0, 0.1) is 18.3 Å². The minimum Gasteiger partial charge on any atom is -0.289 e. The number of nitrogens with zero attached hydrogens (tertiary/aromatic N) is 1. The van der Waals surface area contributed by atoms with E-state index in [0.717, 1.165) is 18.5 Å². The van der Waals surface area contributed by atoms with E-state index in [1.807, 2.05) is 0 Å². The van der Waals surface area contributed by atoms with Crippen molar-refractivity contribution < 1.29 is 0 Å². The molecule has 0 amide bonds. The molecule has 1 rings (SSSR count). The minimum atomic E-state index is 0.742. The molecule has 0 radical (unpaired) electrons. The van der Waals surface area contributed by atoms with Crippen molar-refractivity contribution in [2.45, 2.75) is 32.7 Å². The molecular weight excluding hydrogens is 134 g/mol. The molecule has 0 aromatic rings. The van der Waals surface area contributed by atoms with Gasteiger partial charge in [-0.15, -0.1) is 6.42 Å². The van der Waals surface area contributed by atoms with Crippen LogP contribution in [-0.4, -0.2) is 24.0 Å². The molecule has 1 atom stereocenters. The lowest BCUT2D eigenvalue weighted by Crippen LogP contribution is -2.33. The van der Waals surface area contributed by atoms with Crippen LogP contribution in [0.1, 0.15) is 26.7 Å². The molecule has 1 heterocycles. The number of rotatable bonds is 2. The van der Waals surface area contributed by atoms with Gasteiger partial charge in [0.2, 0.25) is 0 Å². The normalized spacial score (nSPS) is 25.8. The fourth-order valence-corrected chi connectivity index (χ4v) is 1.92. The topological polar surface area (TPSA) is 3.24 Å². The molecule has 1 aliphatic heterocycles. The van der Waals surface area contributed by atoms with Crippen LogP contribution in [0.5, 0.6) is 0 Å². The van der Waals surface area contributed by atoms with E-state index in [4.69, 9.17) is 6.42 Å². The fraction of sp³-hybridized carbons (Fsp3) is 0.800. The maximum absolute atomic E-state index is 5.28. The number of terminal acetylenes is 1. The van der Waals surface area contributed by atoms with Crippen molar-refractivity contribution in [3.8, 4) is 12.3 Å². The largest absolute Gasteiger partial charge is 0.289 e. The maximum atomic E-state index is 5.28. The predicted octanol–water partition coefficient (Wildman–Crippen LogP) is 1.74. The van der Waals surface area contributed by atoms with Crippen LogP contribution >= 0.6 is 0 Å². The highest BCUT2D eigenvalue weighted by atomic mass is 15.2. The van der Waals surface area contributed by atoms with Crippen molar-refractivity contribution in [1.29, 1.82) is 0 Å². The lowest BCUT2D eigenvalue weighted by Gasteiger charge is -2.25. The summed E-state index contributed by atoms with van der Waals surface area (Å²) in [5.41, 5.74) is 0. The Labute approximate surface area is 69.8 Å². The highest BCUT2D eigenvalue weighted by Crippen LogP contribution is 2.22. The van der Waals surface area contributed by atoms with Crippen molar-refractivity contribution in [1.82, 2.24) is 4.90 Å². The molecule has 1 nitrogen and oxygen atoms in total. The van der Waals surface area contributed by atoms with Gasteiger partial charge in [0.1, 0.15) is 0 Å². The van der Waals surface area contributed by atoms with Gasteiger partial charge in [-0.2, -0.15) is 0 Å². The zero-order valence-corrected chi connectivity index (χ0v) is 7.51. The molecule has 0 spiro atoms. The average molecular weight is 151 g/mol. The second-order valence-corrected chi connectivity index (χ2v) is 3.63. The molecule has 1 aliphatic rings. The zero-order chi connectivity index (χ0) is 8.27. The first-order chi connectivity index (χ1) is 5.25. The molecule has 0 N–H and O–H groups in total. The van der Waals surface area contributed by atoms with Gasteiger partial charge in [0.05, 0.1) is 6.54 Å². The Morgan fingerprint density at radius 1 is 1.64 bits per heavy atom. The van der Waals surface area contributed by atoms with E-state index in [9.17, 15) is 0 Å². The van der Waals surface area contributed by atoms with Gasteiger partial charge in [-0.05, 0) is 25.3 Å². The molecule has 1 fully saturated rings. The van der Waals surface area contributed by atoms with E-state index in [0.29, 0.717) is 0 Å². The summed E-state index contributed by atoms with van der Waals surface area (Å²) in [6, 6.07) is 0.742. The Balaban J connectivity index is 2.45. The highest BCUT2D eigenvalue weighted by Gasteiger charge is 2.25. The van der Waals surface area contributed by atoms with Gasteiger partial charge in [0, 0.05) is 6.04 Å². The Kier molecular flexibility index (Phi) is 2.96. The van der Waals surface area contributed by atoms with Gasteiger partial charge in [-0.1, -0.05) is 19.8 Å². The first-order valence-electron chi connectivity index (χ1n) is 4.43. The molecule has 62 valence electrons. The van der Waals surface area contributed by atoms with Crippen LogP contribution in [0.25, 0.3) is 0 Å². The third-order valence-corrected chi connectivity index (χ3v) is 2.48. The molecule has 0 saturated carbocycles. The summed E-state index contributed by atoms with van der Waals surface area (Å²) in [7, 11) is 0. The van der Waals surface area contributed by atoms with Crippen LogP contribution in [0.3, 0.4) is 0 Å². The smallest absolute Gasteiger partial charge is 0.0601 e. The third kappa shape index (κ3) is 1.97. The monoisotopic (exact) mass is 151 g/mol. The second-order valence-electron chi connectivity index (χ2n) is 3.63. The van der Waals surface area contributed by atoms with Crippen LogP contribution in [0.15, 0.2) is 0 Å². The summed E-state index contributed by atoms with van der Waals surface area (Å²) >= 11 is 0. The van der Waals surface area contributed by atoms with Gasteiger partial charge < -0.3 is 0 Å². The van der Waals surface area contributed by atoms with Gasteiger partial charge >= 0.3 is 0 Å². The van der Waals surface area contributed by atoms with Gasteiger partial charge in [0.25, 0.3) is 0 Å². The summed E-state index contributed by atoms with van der Waals surface area (Å²) in [5, 5.41) is 0. The lowest BCUT2D eigenvalue weighted by atomic mass is 10.0. The molecule has 0 aromatic heterocycles. The molecule has 0 bridgehead atoms. The average Bonchev–Trinajstić information content (AvgIpc) is 2.36. The van der Waals surface area contributed by atoms with E-state index in [2.05, 4.69) is 24.7 Å². The summed E-state index contributed by atoms with van der Waals surface area (Å²) in [6.45, 7) is 6.59. The van der Waals surface area contributed by atoms with Crippen LogP contribution in [-0.2, 0) is 0 Å². The van der Waals surface area contributed by atoms with E-state index >= 15 is 0 Å².